The van der Waals surface area contributed by atoms with E-state index in [0.717, 1.165) is 0 Å². The minimum absolute atomic E-state index is 0.105. The van der Waals surface area contributed by atoms with Gasteiger partial charge in [-0.25, -0.2) is 8.78 Å². The third-order valence-electron chi connectivity index (χ3n) is 2.63. The van der Waals surface area contributed by atoms with E-state index < -0.39 is 6.43 Å². The molecule has 0 fully saturated rings. The Bertz CT molecular complexity index is 590. The largest absolute Gasteiger partial charge is 0.295 e. The van der Waals surface area contributed by atoms with Crippen LogP contribution in [0.1, 0.15) is 29.3 Å². The van der Waals surface area contributed by atoms with E-state index in [4.69, 9.17) is 0 Å². The predicted octanol–water partition coefficient (Wildman–Crippen LogP) is 3.23. The van der Waals surface area contributed by atoms with Gasteiger partial charge in [0.15, 0.2) is 5.78 Å². The van der Waals surface area contributed by atoms with Crippen molar-refractivity contribution >= 4 is 5.78 Å². The first-order valence-corrected chi connectivity index (χ1v) is 5.42. The fourth-order valence-corrected chi connectivity index (χ4v) is 1.78. The molecule has 0 aliphatic heterocycles. The summed E-state index contributed by atoms with van der Waals surface area (Å²) in [5, 5.41) is 4.03. The number of carbonyl (C=O) groups is 1. The molecule has 0 unspecified atom stereocenters. The number of rotatable bonds is 3. The van der Waals surface area contributed by atoms with Gasteiger partial charge in [-0.1, -0.05) is 18.2 Å². The average molecular weight is 250 g/mol. The number of carbonyl (C=O) groups excluding carboxylic acids is 1. The molecule has 0 aliphatic carbocycles. The van der Waals surface area contributed by atoms with Crippen molar-refractivity contribution in [1.82, 2.24) is 9.78 Å². The first-order valence-electron chi connectivity index (χ1n) is 5.42. The standard InChI is InChI=1S/C13H12F2N2O/c1-8(18)9-4-3-5-10(6-9)12-11(13(14)15)7-17(2)16-12/h3-7,13H,1-2H3. The van der Waals surface area contributed by atoms with Crippen molar-refractivity contribution in [2.75, 3.05) is 0 Å². The monoisotopic (exact) mass is 250 g/mol. The van der Waals surface area contributed by atoms with E-state index in [9.17, 15) is 13.6 Å². The Balaban J connectivity index is 2.54. The fraction of sp³-hybridized carbons (Fsp3) is 0.231. The predicted molar refractivity (Wildman–Crippen MR) is 63.6 cm³/mol. The van der Waals surface area contributed by atoms with Crippen LogP contribution >= 0.6 is 0 Å². The smallest absolute Gasteiger partial charge is 0.267 e. The van der Waals surface area contributed by atoms with E-state index in [0.29, 0.717) is 11.1 Å². The van der Waals surface area contributed by atoms with Crippen LogP contribution in [-0.2, 0) is 7.05 Å². The van der Waals surface area contributed by atoms with Crippen LogP contribution in [-0.4, -0.2) is 15.6 Å². The van der Waals surface area contributed by atoms with Gasteiger partial charge in [0, 0.05) is 24.4 Å². The van der Waals surface area contributed by atoms with Crippen LogP contribution < -0.4 is 0 Å². The number of nitrogens with zero attached hydrogens (tertiary/aromatic N) is 2. The highest BCUT2D eigenvalue weighted by atomic mass is 19.3. The molecular weight excluding hydrogens is 238 g/mol. The molecule has 0 bridgehead atoms. The molecular formula is C13H12F2N2O. The average Bonchev–Trinajstić information content (AvgIpc) is 2.72. The van der Waals surface area contributed by atoms with Crippen LogP contribution in [0.25, 0.3) is 11.3 Å². The number of aromatic nitrogens is 2. The zero-order chi connectivity index (χ0) is 13.3. The van der Waals surface area contributed by atoms with Gasteiger partial charge in [0.2, 0.25) is 0 Å². The van der Waals surface area contributed by atoms with Gasteiger partial charge in [0.25, 0.3) is 6.43 Å². The summed E-state index contributed by atoms with van der Waals surface area (Å²) in [5.74, 6) is -0.105. The molecule has 0 aliphatic rings. The Kier molecular flexibility index (Phi) is 3.23. The molecule has 0 amide bonds. The Morgan fingerprint density at radius 2 is 2.11 bits per heavy atom. The lowest BCUT2D eigenvalue weighted by molar-refractivity contribution is 0.101. The molecule has 2 aromatic rings. The lowest BCUT2D eigenvalue weighted by Crippen LogP contribution is -1.94. The molecule has 94 valence electrons. The maximum atomic E-state index is 12.9. The SMILES string of the molecule is CC(=O)c1cccc(-c2nn(C)cc2C(F)F)c1. The molecule has 0 saturated heterocycles. The summed E-state index contributed by atoms with van der Waals surface area (Å²) < 4.78 is 27.1. The van der Waals surface area contributed by atoms with E-state index in [1.165, 1.54) is 17.8 Å². The third-order valence-corrected chi connectivity index (χ3v) is 2.63. The number of Topliss-reactive ketones (excluding diaryl/α,β-unsaturated/α-hetero) is 1. The van der Waals surface area contributed by atoms with Crippen molar-refractivity contribution in [3.05, 3.63) is 41.6 Å². The molecule has 2 rings (SSSR count). The number of halogens is 2. The van der Waals surface area contributed by atoms with Crippen LogP contribution in [0.5, 0.6) is 0 Å². The van der Waals surface area contributed by atoms with Crippen LogP contribution in [0.3, 0.4) is 0 Å². The van der Waals surface area contributed by atoms with Gasteiger partial charge in [-0.15, -0.1) is 0 Å². The van der Waals surface area contributed by atoms with Crippen molar-refractivity contribution in [2.45, 2.75) is 13.3 Å². The number of alkyl halides is 2. The molecule has 0 spiro atoms. The minimum atomic E-state index is -2.59. The van der Waals surface area contributed by atoms with E-state index in [2.05, 4.69) is 5.10 Å². The highest BCUT2D eigenvalue weighted by Crippen LogP contribution is 2.30. The van der Waals surface area contributed by atoms with E-state index in [-0.39, 0.29) is 17.0 Å². The molecule has 0 N–H and O–H groups in total. The van der Waals surface area contributed by atoms with Crippen molar-refractivity contribution in [3.63, 3.8) is 0 Å². The summed E-state index contributed by atoms with van der Waals surface area (Å²) in [5.41, 5.74) is 1.10. The number of ketones is 1. The van der Waals surface area contributed by atoms with Gasteiger partial charge in [0.1, 0.15) is 5.69 Å². The van der Waals surface area contributed by atoms with Crippen molar-refractivity contribution in [3.8, 4) is 11.3 Å². The quantitative estimate of drug-likeness (QED) is 0.784. The van der Waals surface area contributed by atoms with Gasteiger partial charge in [0.05, 0.1) is 5.56 Å². The molecule has 1 aromatic heterocycles. The van der Waals surface area contributed by atoms with Crippen LogP contribution in [0, 0.1) is 0 Å². The molecule has 18 heavy (non-hydrogen) atoms. The summed E-state index contributed by atoms with van der Waals surface area (Å²) in [6, 6.07) is 6.56. The Morgan fingerprint density at radius 3 is 2.72 bits per heavy atom. The second-order valence-corrected chi connectivity index (χ2v) is 4.04. The molecule has 1 heterocycles. The topological polar surface area (TPSA) is 34.9 Å². The zero-order valence-corrected chi connectivity index (χ0v) is 10.0. The summed E-state index contributed by atoms with van der Waals surface area (Å²) in [7, 11) is 1.59. The molecule has 0 saturated carbocycles. The summed E-state index contributed by atoms with van der Waals surface area (Å²) in [4.78, 5) is 11.3. The van der Waals surface area contributed by atoms with Gasteiger partial charge < -0.3 is 0 Å². The second-order valence-electron chi connectivity index (χ2n) is 4.04. The van der Waals surface area contributed by atoms with Crippen LogP contribution in [0.15, 0.2) is 30.5 Å². The summed E-state index contributed by atoms with van der Waals surface area (Å²) >= 11 is 0. The van der Waals surface area contributed by atoms with E-state index in [1.807, 2.05) is 0 Å². The maximum Gasteiger partial charge on any atom is 0.267 e. The Hall–Kier alpha value is -2.04. The van der Waals surface area contributed by atoms with Crippen molar-refractivity contribution in [1.29, 1.82) is 0 Å². The lowest BCUT2D eigenvalue weighted by atomic mass is 10.0. The van der Waals surface area contributed by atoms with Gasteiger partial charge in [-0.2, -0.15) is 5.10 Å². The second kappa shape index (κ2) is 4.68. The highest BCUT2D eigenvalue weighted by molar-refractivity contribution is 5.95. The van der Waals surface area contributed by atoms with Crippen LogP contribution in [0.2, 0.25) is 0 Å². The van der Waals surface area contributed by atoms with Gasteiger partial charge in [-0.05, 0) is 13.0 Å². The zero-order valence-electron chi connectivity index (χ0n) is 10.0. The molecule has 3 nitrogen and oxygen atoms in total. The third kappa shape index (κ3) is 2.30. The molecule has 0 atom stereocenters. The van der Waals surface area contributed by atoms with E-state index >= 15 is 0 Å². The lowest BCUT2D eigenvalue weighted by Gasteiger charge is -2.03. The van der Waals surface area contributed by atoms with Gasteiger partial charge >= 0.3 is 0 Å². The first kappa shape index (κ1) is 12.4. The molecule has 0 radical (unpaired) electrons. The molecule has 1 aromatic carbocycles. The van der Waals surface area contributed by atoms with E-state index in [1.54, 1.807) is 31.3 Å². The first-order chi connectivity index (χ1) is 8.49. The fourth-order valence-electron chi connectivity index (χ4n) is 1.78. The maximum absolute atomic E-state index is 12.9. The van der Waals surface area contributed by atoms with Crippen LogP contribution in [0.4, 0.5) is 8.78 Å². The Labute approximate surface area is 103 Å². The van der Waals surface area contributed by atoms with Crippen molar-refractivity contribution in [2.24, 2.45) is 7.05 Å². The Morgan fingerprint density at radius 1 is 1.39 bits per heavy atom. The number of hydrogen-bond acceptors (Lipinski definition) is 2. The number of benzene rings is 1. The normalized spacial score (nSPS) is 10.9. The van der Waals surface area contributed by atoms with Gasteiger partial charge in [-0.3, -0.25) is 9.48 Å². The molecule has 5 heteroatoms. The van der Waals surface area contributed by atoms with Crippen molar-refractivity contribution < 1.29 is 13.6 Å². The number of hydrogen-bond donors (Lipinski definition) is 0. The minimum Gasteiger partial charge on any atom is -0.295 e. The number of aryl methyl sites for hydroxylation is 1. The summed E-state index contributed by atoms with van der Waals surface area (Å²) in [6.07, 6.45) is -1.30. The summed E-state index contributed by atoms with van der Waals surface area (Å²) in [6.45, 7) is 1.44. The highest BCUT2D eigenvalue weighted by Gasteiger charge is 2.18.